The molecule has 0 saturated carbocycles. The summed E-state index contributed by atoms with van der Waals surface area (Å²) in [6.45, 7) is 2.52. The van der Waals surface area contributed by atoms with E-state index in [0.29, 0.717) is 23.4 Å². The third-order valence-electron chi connectivity index (χ3n) is 4.46. The zero-order valence-corrected chi connectivity index (χ0v) is 13.5. The summed E-state index contributed by atoms with van der Waals surface area (Å²) < 4.78 is 13.0. The molecule has 0 atom stereocenters. The van der Waals surface area contributed by atoms with E-state index in [4.69, 9.17) is 0 Å². The second-order valence-electron chi connectivity index (χ2n) is 5.87. The van der Waals surface area contributed by atoms with Gasteiger partial charge in [-0.15, -0.1) is 0 Å². The van der Waals surface area contributed by atoms with Crippen LogP contribution in [-0.4, -0.2) is 18.4 Å². The van der Waals surface area contributed by atoms with Crippen LogP contribution < -0.4 is 10.2 Å². The van der Waals surface area contributed by atoms with Gasteiger partial charge in [0.15, 0.2) is 0 Å². The molecule has 0 spiro atoms. The van der Waals surface area contributed by atoms with Crippen molar-refractivity contribution >= 4 is 34.0 Å². The van der Waals surface area contributed by atoms with Gasteiger partial charge in [-0.25, -0.2) is 4.39 Å². The molecule has 5 heteroatoms. The highest BCUT2D eigenvalue weighted by Crippen LogP contribution is 2.40. The zero-order valence-electron chi connectivity index (χ0n) is 13.5. The summed E-state index contributed by atoms with van der Waals surface area (Å²) in [4.78, 5) is 26.7. The molecule has 124 valence electrons. The Kier molecular flexibility index (Phi) is 3.50. The molecule has 0 aromatic heterocycles. The number of amides is 2. The number of nitrogens with zero attached hydrogens (tertiary/aromatic N) is 1. The number of carbonyl (C=O) groups is 2. The first-order chi connectivity index (χ1) is 12.1. The van der Waals surface area contributed by atoms with Crippen LogP contribution in [0.4, 0.5) is 15.8 Å². The van der Waals surface area contributed by atoms with E-state index < -0.39 is 0 Å². The third kappa shape index (κ3) is 2.36. The highest BCUT2D eigenvalue weighted by Gasteiger charge is 2.29. The summed E-state index contributed by atoms with van der Waals surface area (Å²) in [5, 5.41) is 4.53. The molecule has 1 aliphatic heterocycles. The predicted octanol–water partition coefficient (Wildman–Crippen LogP) is 4.21. The first-order valence-electron chi connectivity index (χ1n) is 8.04. The van der Waals surface area contributed by atoms with Gasteiger partial charge in [-0.05, 0) is 49.4 Å². The molecular formula is C20H15FN2O2. The van der Waals surface area contributed by atoms with Gasteiger partial charge in [-0.1, -0.05) is 12.1 Å². The molecule has 0 aliphatic carbocycles. The molecule has 3 aromatic rings. The van der Waals surface area contributed by atoms with Gasteiger partial charge in [0, 0.05) is 34.1 Å². The molecule has 4 nitrogen and oxygen atoms in total. The summed E-state index contributed by atoms with van der Waals surface area (Å²) in [5.74, 6) is -0.734. The molecule has 0 fully saturated rings. The van der Waals surface area contributed by atoms with Crippen molar-refractivity contribution < 1.29 is 14.0 Å². The van der Waals surface area contributed by atoms with E-state index in [1.165, 1.54) is 24.3 Å². The van der Waals surface area contributed by atoms with Crippen molar-refractivity contribution in [1.82, 2.24) is 0 Å². The van der Waals surface area contributed by atoms with Crippen LogP contribution in [0.3, 0.4) is 0 Å². The number of carbonyl (C=O) groups excluding carboxylic acids is 2. The lowest BCUT2D eigenvalue weighted by molar-refractivity contribution is 0.0992. The molecular weight excluding hydrogens is 319 g/mol. The van der Waals surface area contributed by atoms with Gasteiger partial charge in [0.2, 0.25) is 0 Å². The zero-order chi connectivity index (χ0) is 17.6. The van der Waals surface area contributed by atoms with Crippen LogP contribution in [0, 0.1) is 5.82 Å². The number of hydrogen-bond donors (Lipinski definition) is 1. The minimum Gasteiger partial charge on any atom is -0.321 e. The van der Waals surface area contributed by atoms with Crippen LogP contribution in [0.25, 0.3) is 10.8 Å². The van der Waals surface area contributed by atoms with Gasteiger partial charge in [-0.3, -0.25) is 9.59 Å². The Morgan fingerprint density at radius 1 is 1.08 bits per heavy atom. The van der Waals surface area contributed by atoms with Crippen LogP contribution in [0.5, 0.6) is 0 Å². The van der Waals surface area contributed by atoms with Crippen LogP contribution in [0.2, 0.25) is 0 Å². The molecule has 0 unspecified atom stereocenters. The summed E-state index contributed by atoms with van der Waals surface area (Å²) in [5.41, 5.74) is 2.50. The Morgan fingerprint density at radius 3 is 2.56 bits per heavy atom. The predicted molar refractivity (Wildman–Crippen MR) is 95.7 cm³/mol. The highest BCUT2D eigenvalue weighted by atomic mass is 19.1. The molecule has 1 aliphatic rings. The molecule has 0 saturated heterocycles. The largest absolute Gasteiger partial charge is 0.321 e. The second kappa shape index (κ2) is 5.70. The highest BCUT2D eigenvalue weighted by molar-refractivity contribution is 6.27. The molecule has 0 radical (unpaired) electrons. The monoisotopic (exact) mass is 334 g/mol. The number of benzene rings is 3. The first kappa shape index (κ1) is 15.3. The van der Waals surface area contributed by atoms with Crippen molar-refractivity contribution in [1.29, 1.82) is 0 Å². The lowest BCUT2D eigenvalue weighted by atomic mass is 10.0. The van der Waals surface area contributed by atoms with Crippen molar-refractivity contribution in [2.45, 2.75) is 6.92 Å². The average Bonchev–Trinajstić information content (AvgIpc) is 2.91. The van der Waals surface area contributed by atoms with E-state index in [-0.39, 0.29) is 17.6 Å². The SMILES string of the molecule is CCN1C(=O)c2cccc3c(NC(=O)c4ccc(F)cc4)ccc1c23. The Bertz CT molecular complexity index is 1010. The number of halogens is 1. The van der Waals surface area contributed by atoms with E-state index in [1.807, 2.05) is 25.1 Å². The van der Waals surface area contributed by atoms with E-state index >= 15 is 0 Å². The summed E-state index contributed by atoms with van der Waals surface area (Å²) in [6, 6.07) is 14.5. The molecule has 4 rings (SSSR count). The maximum Gasteiger partial charge on any atom is 0.258 e. The Morgan fingerprint density at radius 2 is 1.84 bits per heavy atom. The van der Waals surface area contributed by atoms with Gasteiger partial charge in [0.1, 0.15) is 5.82 Å². The Hall–Kier alpha value is -3.21. The maximum absolute atomic E-state index is 13.0. The standard InChI is InChI=1S/C20H15FN2O2/c1-2-23-17-11-10-16(14-4-3-5-15(18(14)17)20(23)25)22-19(24)12-6-8-13(21)9-7-12/h3-11H,2H2,1H3,(H,22,24). The fourth-order valence-electron chi connectivity index (χ4n) is 3.26. The smallest absolute Gasteiger partial charge is 0.258 e. The third-order valence-corrected chi connectivity index (χ3v) is 4.46. The van der Waals surface area contributed by atoms with Crippen molar-refractivity contribution in [3.63, 3.8) is 0 Å². The lowest BCUT2D eigenvalue weighted by Crippen LogP contribution is -2.25. The molecule has 2 amide bonds. The number of hydrogen-bond acceptors (Lipinski definition) is 2. The topological polar surface area (TPSA) is 49.4 Å². The summed E-state index contributed by atoms with van der Waals surface area (Å²) >= 11 is 0. The molecule has 1 N–H and O–H groups in total. The van der Waals surface area contributed by atoms with Crippen molar-refractivity contribution in [3.05, 3.63) is 71.5 Å². The first-order valence-corrected chi connectivity index (χ1v) is 8.04. The number of nitrogens with one attached hydrogen (secondary N) is 1. The normalized spacial score (nSPS) is 12.7. The van der Waals surface area contributed by atoms with Gasteiger partial charge < -0.3 is 10.2 Å². The van der Waals surface area contributed by atoms with Gasteiger partial charge in [0.25, 0.3) is 11.8 Å². The van der Waals surface area contributed by atoms with E-state index in [9.17, 15) is 14.0 Å². The number of rotatable bonds is 3. The minimum atomic E-state index is -0.389. The fourth-order valence-corrected chi connectivity index (χ4v) is 3.26. The Labute approximate surface area is 143 Å². The minimum absolute atomic E-state index is 0.0230. The van der Waals surface area contributed by atoms with Gasteiger partial charge in [0.05, 0.1) is 5.69 Å². The summed E-state index contributed by atoms with van der Waals surface area (Å²) in [7, 11) is 0. The van der Waals surface area contributed by atoms with Gasteiger partial charge in [-0.2, -0.15) is 0 Å². The molecule has 1 heterocycles. The van der Waals surface area contributed by atoms with Gasteiger partial charge >= 0.3 is 0 Å². The van der Waals surface area contributed by atoms with Crippen LogP contribution in [0.1, 0.15) is 27.6 Å². The maximum atomic E-state index is 13.0. The molecule has 3 aromatic carbocycles. The van der Waals surface area contributed by atoms with E-state index in [2.05, 4.69) is 5.32 Å². The quantitative estimate of drug-likeness (QED) is 0.780. The fraction of sp³-hybridized carbons (Fsp3) is 0.100. The van der Waals surface area contributed by atoms with Crippen LogP contribution >= 0.6 is 0 Å². The number of anilines is 2. The van der Waals surface area contributed by atoms with E-state index in [1.54, 1.807) is 17.0 Å². The Balaban J connectivity index is 1.78. The lowest BCUT2D eigenvalue weighted by Gasteiger charge is -2.15. The second-order valence-corrected chi connectivity index (χ2v) is 5.87. The van der Waals surface area contributed by atoms with Crippen molar-refractivity contribution in [2.75, 3.05) is 16.8 Å². The van der Waals surface area contributed by atoms with Crippen LogP contribution in [0.15, 0.2) is 54.6 Å². The van der Waals surface area contributed by atoms with Crippen molar-refractivity contribution in [2.24, 2.45) is 0 Å². The average molecular weight is 334 g/mol. The molecule has 0 bridgehead atoms. The van der Waals surface area contributed by atoms with Crippen molar-refractivity contribution in [3.8, 4) is 0 Å². The van der Waals surface area contributed by atoms with E-state index in [0.717, 1.165) is 16.5 Å². The van der Waals surface area contributed by atoms with Crippen LogP contribution in [-0.2, 0) is 0 Å². The summed E-state index contributed by atoms with van der Waals surface area (Å²) in [6.07, 6.45) is 0. The molecule has 25 heavy (non-hydrogen) atoms.